The molecule has 0 saturated carbocycles. The second-order valence-electron chi connectivity index (χ2n) is 8.34. The second-order valence-corrected chi connectivity index (χ2v) is 8.34. The predicted molar refractivity (Wildman–Crippen MR) is 112 cm³/mol. The molecule has 0 saturated heterocycles. The van der Waals surface area contributed by atoms with E-state index in [0.717, 1.165) is 11.1 Å². The van der Waals surface area contributed by atoms with Gasteiger partial charge in [-0.25, -0.2) is 4.39 Å². The highest BCUT2D eigenvalue weighted by Gasteiger charge is 2.36. The monoisotopic (exact) mass is 409 g/mol. The van der Waals surface area contributed by atoms with Crippen molar-refractivity contribution >= 4 is 17.5 Å². The zero-order chi connectivity index (χ0) is 21.9. The highest BCUT2D eigenvalue weighted by Crippen LogP contribution is 2.39. The normalized spacial score (nSPS) is 18.8. The SMILES string of the molecule is CC(C)(C)NC(=O)CN1C(=O)C(N=[N+]=[N-])CC(c2ccc(F)cc2)c2ccccc21. The van der Waals surface area contributed by atoms with Gasteiger partial charge in [-0.15, -0.1) is 0 Å². The fourth-order valence-corrected chi connectivity index (χ4v) is 3.71. The Morgan fingerprint density at radius 3 is 2.53 bits per heavy atom. The summed E-state index contributed by atoms with van der Waals surface area (Å²) < 4.78 is 13.5. The molecule has 156 valence electrons. The summed E-state index contributed by atoms with van der Waals surface area (Å²) in [6.07, 6.45) is 0.225. The number of benzene rings is 2. The number of carbonyl (C=O) groups excluding carboxylic acids is 2. The standard InChI is InChI=1S/C22H24FN5O2/c1-22(2,3)25-20(29)13-28-19-7-5-4-6-16(19)17(12-18(21(28)30)26-27-24)14-8-10-15(23)11-9-14/h4-11,17-18H,12-13H2,1-3H3,(H,25,29). The number of fused-ring (bicyclic) bond motifs is 1. The smallest absolute Gasteiger partial charge is 0.240 e. The van der Waals surface area contributed by atoms with Crippen molar-refractivity contribution < 1.29 is 14.0 Å². The van der Waals surface area contributed by atoms with Crippen LogP contribution in [0.4, 0.5) is 10.1 Å². The third-order valence-corrected chi connectivity index (χ3v) is 4.89. The van der Waals surface area contributed by atoms with Crippen LogP contribution in [0.5, 0.6) is 0 Å². The number of rotatable bonds is 4. The lowest BCUT2D eigenvalue weighted by atomic mass is 9.86. The molecule has 3 rings (SSSR count). The van der Waals surface area contributed by atoms with Crippen molar-refractivity contribution in [1.82, 2.24) is 5.32 Å². The summed E-state index contributed by atoms with van der Waals surface area (Å²) in [4.78, 5) is 30.1. The third kappa shape index (κ3) is 4.78. The number of carbonyl (C=O) groups is 2. The molecule has 1 aliphatic rings. The van der Waals surface area contributed by atoms with Crippen molar-refractivity contribution in [3.8, 4) is 0 Å². The van der Waals surface area contributed by atoms with Crippen LogP contribution in [-0.2, 0) is 9.59 Å². The Balaban J connectivity index is 2.08. The molecule has 0 radical (unpaired) electrons. The van der Waals surface area contributed by atoms with Crippen molar-refractivity contribution in [2.45, 2.75) is 44.7 Å². The minimum absolute atomic E-state index is 0.194. The van der Waals surface area contributed by atoms with Gasteiger partial charge in [-0.3, -0.25) is 9.59 Å². The number of anilines is 1. The molecule has 1 N–H and O–H groups in total. The molecule has 2 unspecified atom stereocenters. The molecule has 2 aromatic rings. The van der Waals surface area contributed by atoms with E-state index < -0.39 is 17.5 Å². The molecule has 2 amide bonds. The van der Waals surface area contributed by atoms with Crippen LogP contribution in [0.15, 0.2) is 53.6 Å². The molecule has 0 aliphatic carbocycles. The van der Waals surface area contributed by atoms with Gasteiger partial charge in [0.15, 0.2) is 0 Å². The number of amides is 2. The van der Waals surface area contributed by atoms with Crippen LogP contribution >= 0.6 is 0 Å². The summed E-state index contributed by atoms with van der Waals surface area (Å²) in [6, 6.07) is 12.4. The predicted octanol–water partition coefficient (Wildman–Crippen LogP) is 4.29. The molecule has 1 heterocycles. The number of azide groups is 1. The molecular formula is C22H24FN5O2. The lowest BCUT2D eigenvalue weighted by Crippen LogP contribution is -2.49. The van der Waals surface area contributed by atoms with Crippen molar-refractivity contribution in [3.63, 3.8) is 0 Å². The molecule has 2 aromatic carbocycles. The average Bonchev–Trinajstić information content (AvgIpc) is 2.78. The van der Waals surface area contributed by atoms with Gasteiger partial charge in [-0.05, 0) is 62.0 Å². The van der Waals surface area contributed by atoms with Gasteiger partial charge in [0, 0.05) is 22.1 Å². The summed E-state index contributed by atoms with van der Waals surface area (Å²) in [5.74, 6) is -1.40. The van der Waals surface area contributed by atoms with Crippen LogP contribution in [0.3, 0.4) is 0 Å². The minimum atomic E-state index is -0.986. The molecule has 2 atom stereocenters. The van der Waals surface area contributed by atoms with Gasteiger partial charge in [-0.2, -0.15) is 0 Å². The van der Waals surface area contributed by atoms with E-state index >= 15 is 0 Å². The Morgan fingerprint density at radius 2 is 1.90 bits per heavy atom. The van der Waals surface area contributed by atoms with Gasteiger partial charge in [-0.1, -0.05) is 35.4 Å². The number of halogens is 1. The van der Waals surface area contributed by atoms with Crippen LogP contribution in [0.1, 0.15) is 44.2 Å². The molecule has 7 nitrogen and oxygen atoms in total. The lowest BCUT2D eigenvalue weighted by molar-refractivity contribution is -0.125. The first-order valence-electron chi connectivity index (χ1n) is 9.70. The van der Waals surface area contributed by atoms with Crippen LogP contribution in [0.2, 0.25) is 0 Å². The maximum atomic E-state index is 13.5. The topological polar surface area (TPSA) is 98.2 Å². The molecule has 0 bridgehead atoms. The quantitative estimate of drug-likeness (QED) is 0.463. The van der Waals surface area contributed by atoms with Gasteiger partial charge in [0.2, 0.25) is 11.8 Å². The van der Waals surface area contributed by atoms with Gasteiger partial charge < -0.3 is 10.2 Å². The molecule has 0 spiro atoms. The van der Waals surface area contributed by atoms with Crippen LogP contribution in [0, 0.1) is 5.82 Å². The first-order chi connectivity index (χ1) is 14.2. The number of nitrogens with one attached hydrogen (secondary N) is 1. The molecule has 0 aromatic heterocycles. The number of para-hydroxylation sites is 1. The zero-order valence-corrected chi connectivity index (χ0v) is 17.2. The van der Waals surface area contributed by atoms with E-state index in [4.69, 9.17) is 5.53 Å². The fourth-order valence-electron chi connectivity index (χ4n) is 3.71. The first kappa shape index (κ1) is 21.3. The number of hydrogen-bond acceptors (Lipinski definition) is 3. The highest BCUT2D eigenvalue weighted by molar-refractivity contribution is 6.03. The van der Waals surface area contributed by atoms with Crippen molar-refractivity contribution in [1.29, 1.82) is 0 Å². The highest BCUT2D eigenvalue weighted by atomic mass is 19.1. The first-order valence-corrected chi connectivity index (χ1v) is 9.70. The van der Waals surface area contributed by atoms with Gasteiger partial charge in [0.25, 0.3) is 0 Å². The number of nitrogens with zero attached hydrogens (tertiary/aromatic N) is 4. The Labute approximate surface area is 174 Å². The Hall–Kier alpha value is -3.38. The van der Waals surface area contributed by atoms with Gasteiger partial charge in [0.1, 0.15) is 18.4 Å². The zero-order valence-electron chi connectivity index (χ0n) is 17.2. The van der Waals surface area contributed by atoms with Crippen LogP contribution in [-0.4, -0.2) is 29.9 Å². The largest absolute Gasteiger partial charge is 0.350 e. The summed E-state index contributed by atoms with van der Waals surface area (Å²) in [7, 11) is 0. The molecule has 30 heavy (non-hydrogen) atoms. The second kappa shape index (κ2) is 8.55. The Kier molecular flexibility index (Phi) is 6.08. The van der Waals surface area contributed by atoms with Crippen LogP contribution in [0.25, 0.3) is 10.4 Å². The lowest BCUT2D eigenvalue weighted by Gasteiger charge is -2.27. The summed E-state index contributed by atoms with van der Waals surface area (Å²) in [6.45, 7) is 5.38. The Morgan fingerprint density at radius 1 is 1.23 bits per heavy atom. The average molecular weight is 409 g/mol. The van der Waals surface area contributed by atoms with Crippen molar-refractivity contribution in [2.24, 2.45) is 5.11 Å². The summed E-state index contributed by atoms with van der Waals surface area (Å²) in [5, 5.41) is 6.57. The summed E-state index contributed by atoms with van der Waals surface area (Å²) >= 11 is 0. The summed E-state index contributed by atoms with van der Waals surface area (Å²) in [5.41, 5.74) is 10.8. The van der Waals surface area contributed by atoms with E-state index in [-0.39, 0.29) is 30.6 Å². The van der Waals surface area contributed by atoms with Crippen LogP contribution < -0.4 is 10.2 Å². The third-order valence-electron chi connectivity index (χ3n) is 4.89. The number of hydrogen-bond donors (Lipinski definition) is 1. The van der Waals surface area contributed by atoms with E-state index in [1.54, 1.807) is 24.3 Å². The Bertz CT molecular complexity index is 993. The molecule has 8 heteroatoms. The maximum Gasteiger partial charge on any atom is 0.240 e. The molecule has 0 fully saturated rings. The fraction of sp³-hybridized carbons (Fsp3) is 0.364. The van der Waals surface area contributed by atoms with Crippen molar-refractivity contribution in [2.75, 3.05) is 11.4 Å². The van der Waals surface area contributed by atoms with Gasteiger partial charge >= 0.3 is 0 Å². The molecule has 1 aliphatic heterocycles. The van der Waals surface area contributed by atoms with E-state index in [2.05, 4.69) is 15.3 Å². The molecular weight excluding hydrogens is 385 g/mol. The van der Waals surface area contributed by atoms with E-state index in [0.29, 0.717) is 5.69 Å². The maximum absolute atomic E-state index is 13.5. The van der Waals surface area contributed by atoms with E-state index in [1.165, 1.54) is 17.0 Å². The minimum Gasteiger partial charge on any atom is -0.350 e. The van der Waals surface area contributed by atoms with E-state index in [9.17, 15) is 14.0 Å². The van der Waals surface area contributed by atoms with Crippen molar-refractivity contribution in [3.05, 3.63) is 75.9 Å². The van der Waals surface area contributed by atoms with Gasteiger partial charge in [0.05, 0.1) is 0 Å². The van der Waals surface area contributed by atoms with E-state index in [1.807, 2.05) is 32.9 Å².